The van der Waals surface area contributed by atoms with Crippen molar-refractivity contribution >= 4 is 17.2 Å². The Labute approximate surface area is 93.9 Å². The van der Waals surface area contributed by atoms with Gasteiger partial charge >= 0.3 is 0 Å². The lowest BCUT2D eigenvalue weighted by Crippen LogP contribution is -2.39. The number of nitrogens with two attached hydrogens (primary N) is 1. The topological polar surface area (TPSA) is 46.3 Å². The lowest BCUT2D eigenvalue weighted by Gasteiger charge is -2.28. The number of likely N-dealkylation sites (tertiary alicyclic amines) is 1. The number of carbonyl (C=O) groups excluding carboxylic acids is 1. The van der Waals surface area contributed by atoms with Crippen molar-refractivity contribution in [3.63, 3.8) is 0 Å². The predicted octanol–water partition coefficient (Wildman–Crippen LogP) is 1.76. The molecular weight excluding hydrogens is 208 g/mol. The molecule has 1 saturated heterocycles. The first-order chi connectivity index (χ1) is 7.20. The Morgan fingerprint density at radius 1 is 1.73 bits per heavy atom. The standard InChI is InChI=1S/C11H16N2OS/c1-8-3-2-5-13(8)10(11(12)14)9-4-6-15-7-9/h4,6-8,10H,2-3,5H2,1H3,(H2,12,14). The highest BCUT2D eigenvalue weighted by Gasteiger charge is 2.32. The molecule has 1 aliphatic heterocycles. The zero-order chi connectivity index (χ0) is 10.8. The number of hydrogen-bond donors (Lipinski definition) is 1. The van der Waals surface area contributed by atoms with Crippen molar-refractivity contribution in [2.75, 3.05) is 6.54 Å². The van der Waals surface area contributed by atoms with Gasteiger partial charge in [-0.05, 0) is 48.7 Å². The molecule has 2 atom stereocenters. The van der Waals surface area contributed by atoms with Crippen LogP contribution in [0.5, 0.6) is 0 Å². The average molecular weight is 224 g/mol. The second kappa shape index (κ2) is 4.33. The molecule has 3 nitrogen and oxygen atoms in total. The van der Waals surface area contributed by atoms with E-state index >= 15 is 0 Å². The van der Waals surface area contributed by atoms with Gasteiger partial charge in [-0.25, -0.2) is 0 Å². The van der Waals surface area contributed by atoms with Crippen molar-refractivity contribution in [3.8, 4) is 0 Å². The van der Waals surface area contributed by atoms with Gasteiger partial charge in [0.2, 0.25) is 5.91 Å². The maximum absolute atomic E-state index is 11.5. The quantitative estimate of drug-likeness (QED) is 0.850. The second-order valence-corrected chi connectivity index (χ2v) is 4.87. The Kier molecular flexibility index (Phi) is 3.07. The Balaban J connectivity index is 2.24. The summed E-state index contributed by atoms with van der Waals surface area (Å²) in [7, 11) is 0. The minimum absolute atomic E-state index is 0.228. The Bertz CT molecular complexity index is 336. The number of thiophene rings is 1. The SMILES string of the molecule is CC1CCCN1C(C(N)=O)c1ccsc1. The van der Waals surface area contributed by atoms with E-state index in [0.717, 1.165) is 24.9 Å². The van der Waals surface area contributed by atoms with Crippen LogP contribution in [-0.4, -0.2) is 23.4 Å². The summed E-state index contributed by atoms with van der Waals surface area (Å²) < 4.78 is 0. The van der Waals surface area contributed by atoms with Crippen molar-refractivity contribution < 1.29 is 4.79 Å². The monoisotopic (exact) mass is 224 g/mol. The first-order valence-corrected chi connectivity index (χ1v) is 6.21. The maximum Gasteiger partial charge on any atom is 0.239 e. The fourth-order valence-electron chi connectivity index (χ4n) is 2.29. The van der Waals surface area contributed by atoms with Gasteiger partial charge in [0, 0.05) is 6.04 Å². The largest absolute Gasteiger partial charge is 0.368 e. The molecule has 0 aliphatic carbocycles. The van der Waals surface area contributed by atoms with Gasteiger partial charge in [-0.1, -0.05) is 0 Å². The summed E-state index contributed by atoms with van der Waals surface area (Å²) in [5.41, 5.74) is 6.54. The molecular formula is C11H16N2OS. The van der Waals surface area contributed by atoms with Crippen LogP contribution in [0.3, 0.4) is 0 Å². The fourth-order valence-corrected chi connectivity index (χ4v) is 2.97. The Hall–Kier alpha value is -0.870. The number of amides is 1. The fraction of sp³-hybridized carbons (Fsp3) is 0.545. The van der Waals surface area contributed by atoms with Crippen LogP contribution in [-0.2, 0) is 4.79 Å². The van der Waals surface area contributed by atoms with Crippen molar-refractivity contribution in [1.82, 2.24) is 4.90 Å². The number of primary amides is 1. The van der Waals surface area contributed by atoms with Crippen molar-refractivity contribution in [2.24, 2.45) is 5.73 Å². The summed E-state index contributed by atoms with van der Waals surface area (Å²) >= 11 is 1.61. The van der Waals surface area contributed by atoms with Crippen LogP contribution < -0.4 is 5.73 Å². The maximum atomic E-state index is 11.5. The van der Waals surface area contributed by atoms with Crippen LogP contribution in [0.25, 0.3) is 0 Å². The minimum Gasteiger partial charge on any atom is -0.368 e. The van der Waals surface area contributed by atoms with Crippen LogP contribution in [0, 0.1) is 0 Å². The molecule has 1 amide bonds. The average Bonchev–Trinajstić information content (AvgIpc) is 2.79. The molecule has 0 aromatic carbocycles. The lowest BCUT2D eigenvalue weighted by atomic mass is 10.1. The first-order valence-electron chi connectivity index (χ1n) is 5.27. The first kappa shape index (κ1) is 10.6. The summed E-state index contributed by atoms with van der Waals surface area (Å²) in [6.45, 7) is 3.14. The Morgan fingerprint density at radius 2 is 2.53 bits per heavy atom. The molecule has 2 heterocycles. The molecule has 1 aliphatic rings. The number of rotatable bonds is 3. The van der Waals surface area contributed by atoms with Crippen LogP contribution in [0.2, 0.25) is 0 Å². The van der Waals surface area contributed by atoms with Gasteiger partial charge < -0.3 is 5.73 Å². The number of nitrogens with zero attached hydrogens (tertiary/aromatic N) is 1. The third-order valence-electron chi connectivity index (χ3n) is 3.06. The molecule has 1 fully saturated rings. The van der Waals surface area contributed by atoms with Crippen LogP contribution in [0.4, 0.5) is 0 Å². The van der Waals surface area contributed by atoms with E-state index < -0.39 is 0 Å². The van der Waals surface area contributed by atoms with Gasteiger partial charge in [0.05, 0.1) is 0 Å². The molecule has 1 aromatic heterocycles. The van der Waals surface area contributed by atoms with Gasteiger partial charge in [-0.15, -0.1) is 0 Å². The van der Waals surface area contributed by atoms with Crippen molar-refractivity contribution in [3.05, 3.63) is 22.4 Å². The van der Waals surface area contributed by atoms with Gasteiger partial charge in [0.15, 0.2) is 0 Å². The molecule has 4 heteroatoms. The van der Waals surface area contributed by atoms with Crippen molar-refractivity contribution in [1.29, 1.82) is 0 Å². The van der Waals surface area contributed by atoms with E-state index in [0.29, 0.717) is 6.04 Å². The normalized spacial score (nSPS) is 24.2. The third kappa shape index (κ3) is 2.06. The molecule has 0 radical (unpaired) electrons. The number of hydrogen-bond acceptors (Lipinski definition) is 3. The van der Waals surface area contributed by atoms with Gasteiger partial charge in [0.1, 0.15) is 6.04 Å². The lowest BCUT2D eigenvalue weighted by molar-refractivity contribution is -0.123. The van der Waals surface area contributed by atoms with E-state index in [4.69, 9.17) is 5.73 Å². The van der Waals surface area contributed by atoms with E-state index in [-0.39, 0.29) is 11.9 Å². The minimum atomic E-state index is -0.234. The molecule has 15 heavy (non-hydrogen) atoms. The van der Waals surface area contributed by atoms with E-state index in [2.05, 4.69) is 11.8 Å². The second-order valence-electron chi connectivity index (χ2n) is 4.09. The van der Waals surface area contributed by atoms with E-state index in [1.807, 2.05) is 16.8 Å². The summed E-state index contributed by atoms with van der Waals surface area (Å²) in [4.78, 5) is 13.7. The molecule has 82 valence electrons. The highest BCUT2D eigenvalue weighted by Crippen LogP contribution is 2.30. The van der Waals surface area contributed by atoms with Gasteiger partial charge in [-0.3, -0.25) is 9.69 Å². The third-order valence-corrected chi connectivity index (χ3v) is 3.77. The van der Waals surface area contributed by atoms with E-state index in [9.17, 15) is 4.79 Å². The molecule has 1 aromatic rings. The summed E-state index contributed by atoms with van der Waals surface area (Å²) in [6.07, 6.45) is 2.32. The summed E-state index contributed by atoms with van der Waals surface area (Å²) in [6, 6.07) is 2.22. The van der Waals surface area contributed by atoms with Gasteiger partial charge in [0.25, 0.3) is 0 Å². The molecule has 0 spiro atoms. The van der Waals surface area contributed by atoms with E-state index in [1.54, 1.807) is 11.3 Å². The van der Waals surface area contributed by atoms with Gasteiger partial charge in [-0.2, -0.15) is 11.3 Å². The highest BCUT2D eigenvalue weighted by molar-refractivity contribution is 7.08. The summed E-state index contributed by atoms with van der Waals surface area (Å²) in [5.74, 6) is -0.234. The predicted molar refractivity (Wildman–Crippen MR) is 61.7 cm³/mol. The number of carbonyl (C=O) groups is 1. The van der Waals surface area contributed by atoms with Crippen LogP contribution in [0.15, 0.2) is 16.8 Å². The zero-order valence-corrected chi connectivity index (χ0v) is 9.67. The molecule has 0 bridgehead atoms. The van der Waals surface area contributed by atoms with Crippen LogP contribution in [0.1, 0.15) is 31.4 Å². The van der Waals surface area contributed by atoms with Crippen molar-refractivity contribution in [2.45, 2.75) is 31.8 Å². The smallest absolute Gasteiger partial charge is 0.239 e. The molecule has 2 rings (SSSR count). The molecule has 0 saturated carbocycles. The highest BCUT2D eigenvalue weighted by atomic mass is 32.1. The zero-order valence-electron chi connectivity index (χ0n) is 8.85. The molecule has 2 N–H and O–H groups in total. The van der Waals surface area contributed by atoms with E-state index in [1.165, 1.54) is 0 Å². The van der Waals surface area contributed by atoms with Crippen LogP contribution >= 0.6 is 11.3 Å². The Morgan fingerprint density at radius 3 is 3.00 bits per heavy atom. The summed E-state index contributed by atoms with van der Waals surface area (Å²) in [5, 5.41) is 4.01. The molecule has 2 unspecified atom stereocenters.